The molecule has 0 aromatic carbocycles. The van der Waals surface area contributed by atoms with E-state index in [2.05, 4.69) is 6.92 Å². The number of hydrogen-bond acceptors (Lipinski definition) is 0. The summed E-state index contributed by atoms with van der Waals surface area (Å²) in [5.41, 5.74) is 0. The maximum atomic E-state index is 12.5. The van der Waals surface area contributed by atoms with Gasteiger partial charge in [-0.1, -0.05) is 51.9 Å². The second-order valence-electron chi connectivity index (χ2n) is 4.28. The standard InChI is InChI=1S/C12H20F5/c1-2-3-4-5-6-7-8-9-10-11(13,14)12(15,16)17/h1-10H2. The van der Waals surface area contributed by atoms with Gasteiger partial charge in [0.1, 0.15) is 0 Å². The third kappa shape index (κ3) is 7.55. The molecule has 0 heterocycles. The van der Waals surface area contributed by atoms with Gasteiger partial charge < -0.3 is 0 Å². The Labute approximate surface area is 99.6 Å². The first-order chi connectivity index (χ1) is 7.81. The van der Waals surface area contributed by atoms with Gasteiger partial charge >= 0.3 is 12.1 Å². The summed E-state index contributed by atoms with van der Waals surface area (Å²) in [6.07, 6.45) is -0.492. The quantitative estimate of drug-likeness (QED) is 0.377. The summed E-state index contributed by atoms with van der Waals surface area (Å²) in [7, 11) is 0. The summed E-state index contributed by atoms with van der Waals surface area (Å²) in [6.45, 7) is 3.69. The first-order valence-electron chi connectivity index (χ1n) is 6.05. The molecule has 0 saturated heterocycles. The van der Waals surface area contributed by atoms with E-state index in [9.17, 15) is 22.0 Å². The molecule has 0 fully saturated rings. The molecule has 103 valence electrons. The Morgan fingerprint density at radius 2 is 1.06 bits per heavy atom. The van der Waals surface area contributed by atoms with Crippen LogP contribution in [-0.4, -0.2) is 12.1 Å². The maximum Gasteiger partial charge on any atom is 0.453 e. The minimum atomic E-state index is -5.40. The van der Waals surface area contributed by atoms with Gasteiger partial charge in [0.05, 0.1) is 0 Å². The summed E-state index contributed by atoms with van der Waals surface area (Å²) in [5, 5.41) is 0. The first kappa shape index (κ1) is 16.6. The van der Waals surface area contributed by atoms with Crippen LogP contribution in [0.2, 0.25) is 0 Å². The number of halogens is 5. The molecule has 0 saturated carbocycles. The van der Waals surface area contributed by atoms with Crippen LogP contribution >= 0.6 is 0 Å². The molecular weight excluding hydrogens is 239 g/mol. The zero-order valence-corrected chi connectivity index (χ0v) is 9.96. The average molecular weight is 259 g/mol. The molecule has 0 atom stereocenters. The van der Waals surface area contributed by atoms with Gasteiger partial charge in [0.25, 0.3) is 0 Å². The van der Waals surface area contributed by atoms with Gasteiger partial charge in [0.2, 0.25) is 0 Å². The van der Waals surface area contributed by atoms with E-state index in [1.165, 1.54) is 0 Å². The van der Waals surface area contributed by atoms with E-state index >= 15 is 0 Å². The highest BCUT2D eigenvalue weighted by Crippen LogP contribution is 2.39. The zero-order valence-electron chi connectivity index (χ0n) is 9.96. The molecule has 5 heteroatoms. The molecular formula is C12H20F5. The fourth-order valence-electron chi connectivity index (χ4n) is 1.55. The molecule has 0 bridgehead atoms. The van der Waals surface area contributed by atoms with Gasteiger partial charge in [-0.2, -0.15) is 22.0 Å². The van der Waals surface area contributed by atoms with Crippen LogP contribution in [-0.2, 0) is 0 Å². The van der Waals surface area contributed by atoms with Gasteiger partial charge in [-0.25, -0.2) is 0 Å². The van der Waals surface area contributed by atoms with Crippen LogP contribution in [0.4, 0.5) is 22.0 Å². The predicted molar refractivity (Wildman–Crippen MR) is 57.9 cm³/mol. The Hall–Kier alpha value is -0.350. The highest BCUT2D eigenvalue weighted by Gasteiger charge is 2.56. The molecule has 0 aromatic heterocycles. The number of unbranched alkanes of at least 4 members (excludes halogenated alkanes) is 7. The van der Waals surface area contributed by atoms with Crippen LogP contribution in [0, 0.1) is 6.92 Å². The molecule has 0 rings (SSSR count). The van der Waals surface area contributed by atoms with Crippen molar-refractivity contribution in [3.63, 3.8) is 0 Å². The highest BCUT2D eigenvalue weighted by atomic mass is 19.4. The fraction of sp³-hybridized carbons (Fsp3) is 0.917. The Bertz CT molecular complexity index is 186. The molecule has 17 heavy (non-hydrogen) atoms. The SMILES string of the molecule is [CH2]CCCCCCCCCC(F)(F)C(F)(F)F. The first-order valence-corrected chi connectivity index (χ1v) is 6.05. The van der Waals surface area contributed by atoms with Crippen molar-refractivity contribution in [1.82, 2.24) is 0 Å². The van der Waals surface area contributed by atoms with Crippen molar-refractivity contribution in [2.75, 3.05) is 0 Å². The van der Waals surface area contributed by atoms with Gasteiger partial charge in [0, 0.05) is 6.42 Å². The van der Waals surface area contributed by atoms with Crippen molar-refractivity contribution in [3.05, 3.63) is 6.92 Å². The van der Waals surface area contributed by atoms with E-state index < -0.39 is 18.5 Å². The second kappa shape index (κ2) is 7.88. The van der Waals surface area contributed by atoms with E-state index in [0.29, 0.717) is 6.42 Å². The third-order valence-electron chi connectivity index (χ3n) is 2.66. The summed E-state index contributed by atoms with van der Waals surface area (Å²) in [6, 6.07) is 0. The smallest absolute Gasteiger partial charge is 0.196 e. The minimum absolute atomic E-state index is 0.0676. The third-order valence-corrected chi connectivity index (χ3v) is 2.66. The Morgan fingerprint density at radius 3 is 1.47 bits per heavy atom. The molecule has 1 radical (unpaired) electrons. The molecule has 0 aliphatic heterocycles. The van der Waals surface area contributed by atoms with E-state index in [-0.39, 0.29) is 6.42 Å². The van der Waals surface area contributed by atoms with Crippen LogP contribution in [0.15, 0.2) is 0 Å². The van der Waals surface area contributed by atoms with Crippen LogP contribution < -0.4 is 0 Å². The fourth-order valence-corrected chi connectivity index (χ4v) is 1.55. The largest absolute Gasteiger partial charge is 0.453 e. The Balaban J connectivity index is 3.46. The van der Waals surface area contributed by atoms with Gasteiger partial charge in [0.15, 0.2) is 0 Å². The summed E-state index contributed by atoms with van der Waals surface area (Å²) < 4.78 is 60.3. The van der Waals surface area contributed by atoms with E-state index in [0.717, 1.165) is 38.5 Å². The van der Waals surface area contributed by atoms with Gasteiger partial charge in [-0.3, -0.25) is 0 Å². The lowest BCUT2D eigenvalue weighted by molar-refractivity contribution is -0.284. The van der Waals surface area contributed by atoms with Gasteiger partial charge in [-0.05, 0) is 6.42 Å². The van der Waals surface area contributed by atoms with E-state index in [1.54, 1.807) is 0 Å². The Kier molecular flexibility index (Phi) is 7.71. The number of hydrogen-bond donors (Lipinski definition) is 0. The van der Waals surface area contributed by atoms with E-state index in [4.69, 9.17) is 0 Å². The number of rotatable bonds is 9. The van der Waals surface area contributed by atoms with Crippen LogP contribution in [0.3, 0.4) is 0 Å². The van der Waals surface area contributed by atoms with Crippen molar-refractivity contribution < 1.29 is 22.0 Å². The van der Waals surface area contributed by atoms with Crippen molar-refractivity contribution in [3.8, 4) is 0 Å². The second-order valence-corrected chi connectivity index (χ2v) is 4.28. The van der Waals surface area contributed by atoms with Crippen molar-refractivity contribution in [2.24, 2.45) is 0 Å². The molecule has 0 nitrogen and oxygen atoms in total. The lowest BCUT2D eigenvalue weighted by atomic mass is 10.1. The van der Waals surface area contributed by atoms with Crippen molar-refractivity contribution in [2.45, 2.75) is 69.9 Å². The summed E-state index contributed by atoms with van der Waals surface area (Å²) in [4.78, 5) is 0. The van der Waals surface area contributed by atoms with Crippen molar-refractivity contribution >= 4 is 0 Å². The normalized spacial score (nSPS) is 13.1. The van der Waals surface area contributed by atoms with Crippen LogP contribution in [0.25, 0.3) is 0 Å². The lowest BCUT2D eigenvalue weighted by Crippen LogP contribution is -2.36. The number of alkyl halides is 5. The van der Waals surface area contributed by atoms with Gasteiger partial charge in [-0.15, -0.1) is 0 Å². The Morgan fingerprint density at radius 1 is 0.647 bits per heavy atom. The molecule has 0 aliphatic carbocycles. The minimum Gasteiger partial charge on any atom is -0.196 e. The zero-order chi connectivity index (χ0) is 13.4. The highest BCUT2D eigenvalue weighted by molar-refractivity contribution is 4.75. The molecule has 0 aromatic rings. The summed E-state index contributed by atoms with van der Waals surface area (Å²) in [5.74, 6) is -4.53. The predicted octanol–water partition coefficient (Wildman–Crippen LogP) is 5.53. The average Bonchev–Trinajstić information content (AvgIpc) is 2.20. The van der Waals surface area contributed by atoms with E-state index in [1.807, 2.05) is 0 Å². The maximum absolute atomic E-state index is 12.5. The lowest BCUT2D eigenvalue weighted by Gasteiger charge is -2.19. The molecule has 0 N–H and O–H groups in total. The van der Waals surface area contributed by atoms with Crippen LogP contribution in [0.5, 0.6) is 0 Å². The topological polar surface area (TPSA) is 0 Å². The van der Waals surface area contributed by atoms with Crippen LogP contribution in [0.1, 0.15) is 57.8 Å². The van der Waals surface area contributed by atoms with Crippen molar-refractivity contribution in [1.29, 1.82) is 0 Å². The summed E-state index contributed by atoms with van der Waals surface area (Å²) >= 11 is 0. The molecule has 0 spiro atoms. The molecule has 0 amide bonds. The molecule has 0 unspecified atom stereocenters. The molecule has 0 aliphatic rings. The monoisotopic (exact) mass is 259 g/mol.